The van der Waals surface area contributed by atoms with Crippen molar-refractivity contribution >= 4 is 23.5 Å². The fourth-order valence-electron chi connectivity index (χ4n) is 3.39. The lowest BCUT2D eigenvalue weighted by Gasteiger charge is -2.22. The van der Waals surface area contributed by atoms with E-state index < -0.39 is 0 Å². The summed E-state index contributed by atoms with van der Waals surface area (Å²) in [5.74, 6) is -0.468. The Morgan fingerprint density at radius 2 is 1.96 bits per heavy atom. The van der Waals surface area contributed by atoms with Crippen LogP contribution in [-0.2, 0) is 16.1 Å². The van der Waals surface area contributed by atoms with Gasteiger partial charge >= 0.3 is 5.97 Å². The Labute approximate surface area is 164 Å². The first-order valence-corrected chi connectivity index (χ1v) is 9.28. The lowest BCUT2D eigenvalue weighted by molar-refractivity contribution is -0.146. The Kier molecular flexibility index (Phi) is 6.14. The molecule has 6 heteroatoms. The molecule has 2 aromatic rings. The highest BCUT2D eigenvalue weighted by Gasteiger charge is 2.38. The van der Waals surface area contributed by atoms with E-state index in [0.29, 0.717) is 30.1 Å². The van der Waals surface area contributed by atoms with Gasteiger partial charge < -0.3 is 10.1 Å². The van der Waals surface area contributed by atoms with Crippen molar-refractivity contribution in [2.45, 2.75) is 32.0 Å². The van der Waals surface area contributed by atoms with Crippen LogP contribution in [0.3, 0.4) is 0 Å². The number of carbonyl (C=O) groups is 2. The van der Waals surface area contributed by atoms with E-state index in [2.05, 4.69) is 34.5 Å². The van der Waals surface area contributed by atoms with Gasteiger partial charge in [-0.25, -0.2) is 0 Å². The molecule has 1 N–H and O–H groups in total. The number of nitrogens with zero attached hydrogens (tertiary/aromatic N) is 1. The van der Waals surface area contributed by atoms with Crippen molar-refractivity contribution < 1.29 is 14.3 Å². The maximum atomic E-state index is 12.5. The fourth-order valence-corrected chi connectivity index (χ4v) is 3.58. The average molecular weight is 387 g/mol. The first-order chi connectivity index (χ1) is 13.0. The Morgan fingerprint density at radius 3 is 2.63 bits per heavy atom. The van der Waals surface area contributed by atoms with Crippen LogP contribution in [0.5, 0.6) is 0 Å². The lowest BCUT2D eigenvalue weighted by atomic mass is 10.1. The van der Waals surface area contributed by atoms with Crippen LogP contribution in [0.2, 0.25) is 5.02 Å². The summed E-state index contributed by atoms with van der Waals surface area (Å²) in [5, 5.41) is 3.53. The number of benzene rings is 2. The van der Waals surface area contributed by atoms with E-state index in [4.69, 9.17) is 16.3 Å². The van der Waals surface area contributed by atoms with Crippen molar-refractivity contribution in [2.75, 3.05) is 13.7 Å². The smallest absolute Gasteiger partial charge is 0.323 e. The molecule has 0 spiro atoms. The van der Waals surface area contributed by atoms with Gasteiger partial charge in [-0.2, -0.15) is 0 Å². The van der Waals surface area contributed by atoms with E-state index in [1.807, 2.05) is 6.92 Å². The number of hydrogen-bond donors (Lipinski definition) is 1. The summed E-state index contributed by atoms with van der Waals surface area (Å²) in [6, 6.07) is 14.5. The zero-order valence-corrected chi connectivity index (χ0v) is 16.2. The van der Waals surface area contributed by atoms with Gasteiger partial charge in [0.25, 0.3) is 5.91 Å². The van der Waals surface area contributed by atoms with Crippen molar-refractivity contribution in [3.05, 3.63) is 70.2 Å². The molecule has 0 radical (unpaired) electrons. The number of likely N-dealkylation sites (tertiary alicyclic amines) is 1. The molecule has 0 bridgehead atoms. The molecule has 0 aliphatic carbocycles. The first-order valence-electron chi connectivity index (χ1n) is 8.90. The van der Waals surface area contributed by atoms with Gasteiger partial charge in [0.15, 0.2) is 0 Å². The molecule has 1 saturated heterocycles. The first kappa shape index (κ1) is 19.4. The highest BCUT2D eigenvalue weighted by molar-refractivity contribution is 6.30. The quantitative estimate of drug-likeness (QED) is 0.802. The zero-order chi connectivity index (χ0) is 19.4. The second kappa shape index (κ2) is 8.55. The number of amides is 1. The molecule has 2 atom stereocenters. The maximum Gasteiger partial charge on any atom is 0.323 e. The molecule has 0 aromatic heterocycles. The SMILES string of the molecule is COC(=O)[C@@H]1C[C@H](NC(=O)c2cccc(Cl)c2)CN1Cc1ccc(C)cc1. The molecular weight excluding hydrogens is 364 g/mol. The van der Waals surface area contributed by atoms with E-state index in [1.54, 1.807) is 24.3 Å². The molecule has 142 valence electrons. The van der Waals surface area contributed by atoms with Gasteiger partial charge in [-0.15, -0.1) is 0 Å². The molecule has 0 saturated carbocycles. The Balaban J connectivity index is 1.69. The van der Waals surface area contributed by atoms with E-state index in [1.165, 1.54) is 12.7 Å². The van der Waals surface area contributed by atoms with Crippen molar-refractivity contribution in [2.24, 2.45) is 0 Å². The zero-order valence-electron chi connectivity index (χ0n) is 15.4. The number of carbonyl (C=O) groups excluding carboxylic acids is 2. The van der Waals surface area contributed by atoms with E-state index in [-0.39, 0.29) is 24.0 Å². The van der Waals surface area contributed by atoms with Gasteiger partial charge in [0.1, 0.15) is 6.04 Å². The summed E-state index contributed by atoms with van der Waals surface area (Å²) in [4.78, 5) is 26.8. The normalized spacial score (nSPS) is 19.7. The number of rotatable bonds is 5. The Morgan fingerprint density at radius 1 is 1.22 bits per heavy atom. The Bertz CT molecular complexity index is 822. The number of nitrogens with one attached hydrogen (secondary N) is 1. The molecule has 3 rings (SSSR count). The van der Waals surface area contributed by atoms with Gasteiger partial charge in [0.05, 0.1) is 7.11 Å². The molecule has 2 aromatic carbocycles. The van der Waals surface area contributed by atoms with Crippen LogP contribution < -0.4 is 5.32 Å². The van der Waals surface area contributed by atoms with E-state index >= 15 is 0 Å². The average Bonchev–Trinajstić information content (AvgIpc) is 3.05. The second-order valence-corrected chi connectivity index (χ2v) is 7.31. The van der Waals surface area contributed by atoms with Crippen LogP contribution in [0.15, 0.2) is 48.5 Å². The highest BCUT2D eigenvalue weighted by atomic mass is 35.5. The highest BCUT2D eigenvalue weighted by Crippen LogP contribution is 2.22. The largest absolute Gasteiger partial charge is 0.468 e. The molecule has 1 fully saturated rings. The van der Waals surface area contributed by atoms with Gasteiger partial charge in [0, 0.05) is 29.7 Å². The molecular formula is C21H23ClN2O3. The number of halogens is 1. The summed E-state index contributed by atoms with van der Waals surface area (Å²) in [7, 11) is 1.39. The minimum atomic E-state index is -0.374. The summed E-state index contributed by atoms with van der Waals surface area (Å²) < 4.78 is 4.96. The van der Waals surface area contributed by atoms with Crippen LogP contribution in [0, 0.1) is 6.92 Å². The number of aryl methyl sites for hydroxylation is 1. The standard InChI is InChI=1S/C21H23ClN2O3/c1-14-6-8-15(9-7-14)12-24-13-18(11-19(24)21(26)27-2)23-20(25)16-4-3-5-17(22)10-16/h3-10,18-19H,11-13H2,1-2H3,(H,23,25)/t18-,19-/m0/s1. The van der Waals surface area contributed by atoms with Gasteiger partial charge in [-0.1, -0.05) is 47.5 Å². The number of hydrogen-bond acceptors (Lipinski definition) is 4. The monoisotopic (exact) mass is 386 g/mol. The summed E-state index contributed by atoms with van der Waals surface area (Å²) in [6.45, 7) is 3.25. The van der Waals surface area contributed by atoms with Crippen LogP contribution in [0.25, 0.3) is 0 Å². The van der Waals surface area contributed by atoms with Crippen molar-refractivity contribution in [3.63, 3.8) is 0 Å². The molecule has 1 amide bonds. The maximum absolute atomic E-state index is 12.5. The van der Waals surface area contributed by atoms with Gasteiger partial charge in [-0.05, 0) is 37.1 Å². The summed E-state index contributed by atoms with van der Waals surface area (Å²) in [6.07, 6.45) is 0.519. The van der Waals surface area contributed by atoms with Crippen LogP contribution in [0.1, 0.15) is 27.9 Å². The number of esters is 1. The van der Waals surface area contributed by atoms with Crippen LogP contribution in [-0.4, -0.2) is 42.5 Å². The van der Waals surface area contributed by atoms with E-state index in [9.17, 15) is 9.59 Å². The third kappa shape index (κ3) is 4.87. The van der Waals surface area contributed by atoms with Crippen LogP contribution in [0.4, 0.5) is 0 Å². The fraction of sp³-hybridized carbons (Fsp3) is 0.333. The summed E-state index contributed by atoms with van der Waals surface area (Å²) in [5.41, 5.74) is 2.82. The molecule has 1 aliphatic rings. The number of methoxy groups -OCH3 is 1. The summed E-state index contributed by atoms with van der Waals surface area (Å²) >= 11 is 5.96. The van der Waals surface area contributed by atoms with Crippen molar-refractivity contribution in [1.82, 2.24) is 10.2 Å². The minimum Gasteiger partial charge on any atom is -0.468 e. The third-order valence-electron chi connectivity index (χ3n) is 4.80. The predicted molar refractivity (Wildman–Crippen MR) is 105 cm³/mol. The molecule has 1 heterocycles. The molecule has 1 aliphatic heterocycles. The lowest BCUT2D eigenvalue weighted by Crippen LogP contribution is -2.37. The third-order valence-corrected chi connectivity index (χ3v) is 5.04. The molecule has 0 unspecified atom stereocenters. The molecule has 5 nitrogen and oxygen atoms in total. The Hall–Kier alpha value is -2.37. The van der Waals surface area contributed by atoms with Crippen LogP contribution >= 0.6 is 11.6 Å². The van der Waals surface area contributed by atoms with Gasteiger partial charge in [0.2, 0.25) is 0 Å². The topological polar surface area (TPSA) is 58.6 Å². The molecule has 27 heavy (non-hydrogen) atoms. The van der Waals surface area contributed by atoms with E-state index in [0.717, 1.165) is 5.56 Å². The van der Waals surface area contributed by atoms with Gasteiger partial charge in [-0.3, -0.25) is 14.5 Å². The predicted octanol–water partition coefficient (Wildman–Crippen LogP) is 3.19. The number of ether oxygens (including phenoxy) is 1. The minimum absolute atomic E-state index is 0.133. The van der Waals surface area contributed by atoms with Crippen molar-refractivity contribution in [3.8, 4) is 0 Å². The second-order valence-electron chi connectivity index (χ2n) is 6.87. The van der Waals surface area contributed by atoms with Crippen molar-refractivity contribution in [1.29, 1.82) is 0 Å².